The van der Waals surface area contributed by atoms with Crippen LogP contribution in [0.3, 0.4) is 0 Å². The Morgan fingerprint density at radius 1 is 1.20 bits per heavy atom. The van der Waals surface area contributed by atoms with Crippen LogP contribution < -0.4 is 16.2 Å². The van der Waals surface area contributed by atoms with Gasteiger partial charge in [0.1, 0.15) is 5.56 Å². The molecule has 0 saturated carbocycles. The van der Waals surface area contributed by atoms with Gasteiger partial charge in [-0.05, 0) is 12.1 Å². The summed E-state index contributed by atoms with van der Waals surface area (Å²) in [6.45, 7) is 0. The summed E-state index contributed by atoms with van der Waals surface area (Å²) >= 11 is 0. The second-order valence-electron chi connectivity index (χ2n) is 5.09. The summed E-state index contributed by atoms with van der Waals surface area (Å²) < 4.78 is 0. The molecule has 0 saturated heterocycles. The molecule has 0 aliphatic heterocycles. The van der Waals surface area contributed by atoms with Crippen LogP contribution in [0.25, 0.3) is 10.9 Å². The van der Waals surface area contributed by atoms with E-state index in [1.54, 1.807) is 25.2 Å². The molecule has 3 rings (SSSR count). The molecule has 0 fully saturated rings. The maximum atomic E-state index is 12.3. The Morgan fingerprint density at radius 2 is 1.92 bits per heavy atom. The average Bonchev–Trinajstić information content (AvgIpc) is 2.61. The molecule has 0 radical (unpaired) electrons. The number of H-pyrrole nitrogens is 1. The van der Waals surface area contributed by atoms with Crippen molar-refractivity contribution in [3.8, 4) is 0 Å². The maximum absolute atomic E-state index is 12.3. The van der Waals surface area contributed by atoms with Gasteiger partial charge in [-0.3, -0.25) is 9.59 Å². The number of aromatic amines is 1. The molecule has 3 aromatic rings. The lowest BCUT2D eigenvalue weighted by molar-refractivity contribution is 0.0683. The molecule has 9 heteroatoms. The molecule has 2 heterocycles. The number of hydrogen-bond donors (Lipinski definition) is 4. The summed E-state index contributed by atoms with van der Waals surface area (Å²) in [4.78, 5) is 45.2. The number of nitrogens with zero attached hydrogens (tertiary/aromatic N) is 2. The fourth-order valence-corrected chi connectivity index (χ4v) is 2.31. The summed E-state index contributed by atoms with van der Waals surface area (Å²) in [6.07, 6.45) is 2.31. The SMILES string of the molecule is CNc1cccc2cc(C(=O)Nc3cnc(C(=O)O)nc3)c(=O)[nH]c12. The number of benzene rings is 1. The van der Waals surface area contributed by atoms with E-state index in [0.717, 1.165) is 18.1 Å². The van der Waals surface area contributed by atoms with Crippen molar-refractivity contribution < 1.29 is 14.7 Å². The van der Waals surface area contributed by atoms with E-state index >= 15 is 0 Å². The zero-order valence-corrected chi connectivity index (χ0v) is 13.0. The number of aromatic carboxylic acids is 1. The number of para-hydroxylation sites is 1. The Kier molecular flexibility index (Phi) is 4.12. The van der Waals surface area contributed by atoms with Crippen LogP contribution in [0.15, 0.2) is 41.5 Å². The number of amides is 1. The number of carboxylic acid groups (broad SMARTS) is 1. The Bertz CT molecular complexity index is 1030. The first-order valence-electron chi connectivity index (χ1n) is 7.20. The second kappa shape index (κ2) is 6.40. The summed E-state index contributed by atoms with van der Waals surface area (Å²) in [5.41, 5.74) is 0.886. The molecule has 0 bridgehead atoms. The zero-order chi connectivity index (χ0) is 18.0. The standard InChI is InChI=1S/C16H13N5O4/c1-17-11-4-2-3-8-5-10(15(23)21-12(8)11)14(22)20-9-6-18-13(16(24)25)19-7-9/h2-7,17H,1H3,(H,20,22)(H,21,23)(H,24,25). The number of rotatable bonds is 4. The molecule has 0 unspecified atom stereocenters. The number of carbonyl (C=O) groups excluding carboxylic acids is 1. The predicted molar refractivity (Wildman–Crippen MR) is 91.1 cm³/mol. The molecule has 0 aliphatic carbocycles. The van der Waals surface area contributed by atoms with Gasteiger partial charge in [0.2, 0.25) is 5.82 Å². The predicted octanol–water partition coefficient (Wildman–Crippen LogP) is 1.31. The minimum absolute atomic E-state index is 0.0805. The van der Waals surface area contributed by atoms with Gasteiger partial charge < -0.3 is 20.7 Å². The van der Waals surface area contributed by atoms with Gasteiger partial charge in [0.25, 0.3) is 11.5 Å². The molecule has 0 atom stereocenters. The summed E-state index contributed by atoms with van der Waals surface area (Å²) in [5.74, 6) is -2.31. The number of anilines is 2. The van der Waals surface area contributed by atoms with Crippen molar-refractivity contribution in [2.24, 2.45) is 0 Å². The van der Waals surface area contributed by atoms with Gasteiger partial charge in [0.05, 0.1) is 29.3 Å². The quantitative estimate of drug-likeness (QED) is 0.562. The first kappa shape index (κ1) is 16.1. The molecule has 4 N–H and O–H groups in total. The third-order valence-corrected chi connectivity index (χ3v) is 3.49. The van der Waals surface area contributed by atoms with E-state index in [9.17, 15) is 14.4 Å². The number of nitrogens with one attached hydrogen (secondary N) is 3. The van der Waals surface area contributed by atoms with E-state index in [1.165, 1.54) is 6.07 Å². The second-order valence-corrected chi connectivity index (χ2v) is 5.09. The highest BCUT2D eigenvalue weighted by Gasteiger charge is 2.14. The highest BCUT2D eigenvalue weighted by atomic mass is 16.4. The molecule has 0 aliphatic rings. The Morgan fingerprint density at radius 3 is 2.56 bits per heavy atom. The lowest BCUT2D eigenvalue weighted by atomic mass is 10.1. The third kappa shape index (κ3) is 3.15. The smallest absolute Gasteiger partial charge is 0.373 e. The first-order chi connectivity index (χ1) is 12.0. The molecular weight excluding hydrogens is 326 g/mol. The third-order valence-electron chi connectivity index (χ3n) is 3.49. The van der Waals surface area contributed by atoms with E-state index in [-0.39, 0.29) is 17.1 Å². The van der Waals surface area contributed by atoms with Crippen molar-refractivity contribution in [1.29, 1.82) is 0 Å². The van der Waals surface area contributed by atoms with Gasteiger partial charge >= 0.3 is 5.97 Å². The van der Waals surface area contributed by atoms with E-state index in [4.69, 9.17) is 5.11 Å². The minimum Gasteiger partial charge on any atom is -0.475 e. The van der Waals surface area contributed by atoms with Crippen LogP contribution in [0, 0.1) is 0 Å². The van der Waals surface area contributed by atoms with Crippen LogP contribution in [0.2, 0.25) is 0 Å². The number of aromatic nitrogens is 3. The van der Waals surface area contributed by atoms with Gasteiger partial charge in [0.15, 0.2) is 0 Å². The van der Waals surface area contributed by atoms with Gasteiger partial charge in [0, 0.05) is 12.4 Å². The molecular formula is C16H13N5O4. The van der Waals surface area contributed by atoms with Gasteiger partial charge in [-0.2, -0.15) is 0 Å². The zero-order valence-electron chi connectivity index (χ0n) is 13.0. The maximum Gasteiger partial charge on any atom is 0.373 e. The highest BCUT2D eigenvalue weighted by molar-refractivity contribution is 6.06. The number of carboxylic acids is 1. The topological polar surface area (TPSA) is 137 Å². The highest BCUT2D eigenvalue weighted by Crippen LogP contribution is 2.20. The van der Waals surface area contributed by atoms with Gasteiger partial charge in [-0.15, -0.1) is 0 Å². The van der Waals surface area contributed by atoms with Crippen molar-refractivity contribution in [2.75, 3.05) is 17.7 Å². The molecule has 1 aromatic carbocycles. The van der Waals surface area contributed by atoms with Crippen molar-refractivity contribution in [3.05, 3.63) is 58.4 Å². The van der Waals surface area contributed by atoms with E-state index in [2.05, 4.69) is 25.6 Å². The molecule has 126 valence electrons. The molecule has 25 heavy (non-hydrogen) atoms. The molecule has 2 aromatic heterocycles. The van der Waals surface area contributed by atoms with Gasteiger partial charge in [-0.1, -0.05) is 12.1 Å². The fraction of sp³-hybridized carbons (Fsp3) is 0.0625. The van der Waals surface area contributed by atoms with E-state index < -0.39 is 17.4 Å². The monoisotopic (exact) mass is 339 g/mol. The first-order valence-corrected chi connectivity index (χ1v) is 7.20. The van der Waals surface area contributed by atoms with Crippen molar-refractivity contribution >= 4 is 34.2 Å². The Hall–Kier alpha value is -3.75. The fourth-order valence-electron chi connectivity index (χ4n) is 2.31. The van der Waals surface area contributed by atoms with Crippen LogP contribution in [-0.2, 0) is 0 Å². The summed E-state index contributed by atoms with van der Waals surface area (Å²) in [7, 11) is 1.73. The Balaban J connectivity index is 1.93. The molecule has 9 nitrogen and oxygen atoms in total. The van der Waals surface area contributed by atoms with Crippen LogP contribution in [0.1, 0.15) is 21.0 Å². The normalized spacial score (nSPS) is 10.4. The van der Waals surface area contributed by atoms with E-state index in [1.807, 2.05) is 0 Å². The molecule has 1 amide bonds. The van der Waals surface area contributed by atoms with Crippen LogP contribution >= 0.6 is 0 Å². The summed E-state index contributed by atoms with van der Waals surface area (Å²) in [6, 6.07) is 6.86. The van der Waals surface area contributed by atoms with Crippen LogP contribution in [0.5, 0.6) is 0 Å². The van der Waals surface area contributed by atoms with Crippen LogP contribution in [-0.4, -0.2) is 39.0 Å². The Labute approximate surface area is 140 Å². The summed E-state index contributed by atoms with van der Waals surface area (Å²) in [5, 5.41) is 14.9. The average molecular weight is 339 g/mol. The lowest BCUT2D eigenvalue weighted by Gasteiger charge is -2.08. The van der Waals surface area contributed by atoms with Crippen LogP contribution in [0.4, 0.5) is 11.4 Å². The van der Waals surface area contributed by atoms with Gasteiger partial charge in [-0.25, -0.2) is 14.8 Å². The van der Waals surface area contributed by atoms with Crippen molar-refractivity contribution in [2.45, 2.75) is 0 Å². The minimum atomic E-state index is -1.27. The largest absolute Gasteiger partial charge is 0.475 e. The number of fused-ring (bicyclic) bond motifs is 1. The van der Waals surface area contributed by atoms with Crippen molar-refractivity contribution in [3.63, 3.8) is 0 Å². The number of hydrogen-bond acceptors (Lipinski definition) is 6. The molecule has 0 spiro atoms. The number of carbonyl (C=O) groups is 2. The van der Waals surface area contributed by atoms with Crippen molar-refractivity contribution in [1.82, 2.24) is 15.0 Å². The lowest BCUT2D eigenvalue weighted by Crippen LogP contribution is -2.23. The van der Waals surface area contributed by atoms with E-state index in [0.29, 0.717) is 10.9 Å². The number of pyridine rings is 1.